The topological polar surface area (TPSA) is 117 Å². The molecule has 0 aliphatic carbocycles. The Morgan fingerprint density at radius 3 is 2.45 bits per heavy atom. The number of aliphatic hydroxyl groups is 1. The zero-order valence-electron chi connectivity index (χ0n) is 10.9. The van der Waals surface area contributed by atoms with E-state index in [1.165, 1.54) is 12.1 Å². The minimum absolute atomic E-state index is 0.0374. The molecule has 20 heavy (non-hydrogen) atoms. The Kier molecular flexibility index (Phi) is 4.43. The molecule has 0 aromatic carbocycles. The Bertz CT molecular complexity index is 575. The molecule has 1 aromatic heterocycles. The van der Waals surface area contributed by atoms with Crippen LogP contribution in [0.4, 0.5) is 0 Å². The molecule has 0 spiro atoms. The van der Waals surface area contributed by atoms with E-state index in [0.717, 1.165) is 0 Å². The van der Waals surface area contributed by atoms with Gasteiger partial charge in [0.25, 0.3) is 15.9 Å². The number of piperazine rings is 1. The Balaban J connectivity index is 2.00. The van der Waals surface area contributed by atoms with Crippen LogP contribution in [0, 0.1) is 0 Å². The van der Waals surface area contributed by atoms with Gasteiger partial charge in [-0.15, -0.1) is 0 Å². The van der Waals surface area contributed by atoms with Crippen molar-refractivity contribution in [3.05, 3.63) is 17.9 Å². The van der Waals surface area contributed by atoms with Gasteiger partial charge in [-0.1, -0.05) is 0 Å². The largest absolute Gasteiger partial charge is 0.438 e. The number of β-amino-alcohol motifs (C(OH)–C–C–N with tert-alkyl or cyclic N) is 1. The molecule has 0 unspecified atom stereocenters. The lowest BCUT2D eigenvalue weighted by molar-refractivity contribution is 0.0580. The van der Waals surface area contributed by atoms with Crippen LogP contribution >= 0.6 is 0 Å². The van der Waals surface area contributed by atoms with Crippen LogP contribution in [-0.2, 0) is 10.0 Å². The van der Waals surface area contributed by atoms with Gasteiger partial charge in [0.15, 0.2) is 5.76 Å². The second kappa shape index (κ2) is 5.92. The molecule has 0 atom stereocenters. The predicted molar refractivity (Wildman–Crippen MR) is 69.5 cm³/mol. The molecule has 0 bridgehead atoms. The van der Waals surface area contributed by atoms with Crippen LogP contribution in [0.25, 0.3) is 0 Å². The van der Waals surface area contributed by atoms with Crippen molar-refractivity contribution in [1.82, 2.24) is 9.80 Å². The van der Waals surface area contributed by atoms with Crippen molar-refractivity contribution in [1.29, 1.82) is 0 Å². The minimum Gasteiger partial charge on any atom is -0.438 e. The highest BCUT2D eigenvalue weighted by molar-refractivity contribution is 7.89. The second-order valence-corrected chi connectivity index (χ2v) is 6.01. The standard InChI is InChI=1S/C11H17N3O5S/c12-20(17,18)10-2-1-9(19-10)11(16)14-5-3-13(4-6-14)7-8-15/h1-2,15H,3-8H2,(H2,12,17,18). The molecule has 2 rings (SSSR count). The van der Waals surface area contributed by atoms with E-state index in [4.69, 9.17) is 14.7 Å². The first-order valence-electron chi connectivity index (χ1n) is 6.17. The van der Waals surface area contributed by atoms with Gasteiger partial charge in [-0.2, -0.15) is 0 Å². The second-order valence-electron chi connectivity index (χ2n) is 4.52. The number of aliphatic hydroxyl groups excluding tert-OH is 1. The van der Waals surface area contributed by atoms with E-state index < -0.39 is 15.1 Å². The molecule has 2 heterocycles. The molecule has 112 valence electrons. The van der Waals surface area contributed by atoms with Crippen molar-refractivity contribution in [3.63, 3.8) is 0 Å². The number of nitrogens with two attached hydrogens (primary N) is 1. The molecule has 1 amide bonds. The van der Waals surface area contributed by atoms with Gasteiger partial charge in [-0.25, -0.2) is 13.6 Å². The van der Waals surface area contributed by atoms with E-state index in [0.29, 0.717) is 32.7 Å². The molecule has 3 N–H and O–H groups in total. The number of furan rings is 1. The molecule has 8 nitrogen and oxygen atoms in total. The predicted octanol–water partition coefficient (Wildman–Crippen LogP) is -1.32. The molecule has 0 radical (unpaired) electrons. The minimum atomic E-state index is -3.94. The number of rotatable bonds is 4. The first-order valence-corrected chi connectivity index (χ1v) is 7.71. The van der Waals surface area contributed by atoms with Crippen molar-refractivity contribution in [2.45, 2.75) is 5.09 Å². The summed E-state index contributed by atoms with van der Waals surface area (Å²) in [6.07, 6.45) is 0. The number of nitrogens with zero attached hydrogens (tertiary/aromatic N) is 2. The van der Waals surface area contributed by atoms with E-state index >= 15 is 0 Å². The molecule has 1 fully saturated rings. The van der Waals surface area contributed by atoms with Crippen molar-refractivity contribution < 1.29 is 22.7 Å². The normalized spacial score (nSPS) is 17.4. The lowest BCUT2D eigenvalue weighted by Crippen LogP contribution is -2.49. The average Bonchev–Trinajstić information content (AvgIpc) is 2.89. The van der Waals surface area contributed by atoms with Crippen LogP contribution < -0.4 is 5.14 Å². The van der Waals surface area contributed by atoms with Crippen LogP contribution in [0.3, 0.4) is 0 Å². The molecule has 1 aliphatic heterocycles. The van der Waals surface area contributed by atoms with E-state index in [-0.39, 0.29) is 18.3 Å². The van der Waals surface area contributed by atoms with Gasteiger partial charge < -0.3 is 14.4 Å². The van der Waals surface area contributed by atoms with Gasteiger partial charge in [0, 0.05) is 32.7 Å². The van der Waals surface area contributed by atoms with Crippen molar-refractivity contribution in [3.8, 4) is 0 Å². The quantitative estimate of drug-likeness (QED) is 0.712. The number of amides is 1. The van der Waals surface area contributed by atoms with Gasteiger partial charge in [-0.05, 0) is 12.1 Å². The fraction of sp³-hybridized carbons (Fsp3) is 0.545. The highest BCUT2D eigenvalue weighted by Gasteiger charge is 2.25. The molecule has 0 saturated carbocycles. The summed E-state index contributed by atoms with van der Waals surface area (Å²) in [5.41, 5.74) is 0. The molecular weight excluding hydrogens is 286 g/mol. The van der Waals surface area contributed by atoms with Gasteiger partial charge in [-0.3, -0.25) is 9.69 Å². The molecule has 9 heteroatoms. The summed E-state index contributed by atoms with van der Waals surface area (Å²) in [5.74, 6) is -0.395. The van der Waals surface area contributed by atoms with Gasteiger partial charge in [0.1, 0.15) is 0 Å². The number of hydrogen-bond acceptors (Lipinski definition) is 6. The fourth-order valence-electron chi connectivity index (χ4n) is 2.06. The zero-order chi connectivity index (χ0) is 14.8. The summed E-state index contributed by atoms with van der Waals surface area (Å²) in [7, 11) is -3.94. The number of carbonyl (C=O) groups is 1. The van der Waals surface area contributed by atoms with Crippen LogP contribution in [0.1, 0.15) is 10.6 Å². The highest BCUT2D eigenvalue weighted by Crippen LogP contribution is 2.15. The van der Waals surface area contributed by atoms with Gasteiger partial charge in [0.2, 0.25) is 5.09 Å². The Labute approximate surface area is 116 Å². The number of carbonyl (C=O) groups excluding carboxylic acids is 1. The Morgan fingerprint density at radius 2 is 1.95 bits per heavy atom. The zero-order valence-corrected chi connectivity index (χ0v) is 11.7. The third-order valence-corrected chi connectivity index (χ3v) is 3.93. The Morgan fingerprint density at radius 1 is 1.30 bits per heavy atom. The first kappa shape index (κ1) is 15.0. The van der Waals surface area contributed by atoms with E-state index in [2.05, 4.69) is 0 Å². The molecule has 1 aromatic rings. The lowest BCUT2D eigenvalue weighted by atomic mass is 10.3. The number of sulfonamides is 1. The van der Waals surface area contributed by atoms with E-state index in [1.807, 2.05) is 4.90 Å². The SMILES string of the molecule is NS(=O)(=O)c1ccc(C(=O)N2CCN(CCO)CC2)o1. The molecule has 1 aliphatic rings. The van der Waals surface area contributed by atoms with E-state index in [1.54, 1.807) is 4.90 Å². The molecule has 1 saturated heterocycles. The maximum Gasteiger partial charge on any atom is 0.289 e. The third kappa shape index (κ3) is 3.37. The average molecular weight is 303 g/mol. The van der Waals surface area contributed by atoms with Crippen molar-refractivity contribution >= 4 is 15.9 Å². The smallest absolute Gasteiger partial charge is 0.289 e. The maximum absolute atomic E-state index is 12.1. The van der Waals surface area contributed by atoms with Crippen molar-refractivity contribution in [2.75, 3.05) is 39.3 Å². The van der Waals surface area contributed by atoms with E-state index in [9.17, 15) is 13.2 Å². The lowest BCUT2D eigenvalue weighted by Gasteiger charge is -2.33. The number of hydrogen-bond donors (Lipinski definition) is 2. The summed E-state index contributed by atoms with van der Waals surface area (Å²) < 4.78 is 27.2. The highest BCUT2D eigenvalue weighted by atomic mass is 32.2. The molecular formula is C11H17N3O5S. The fourth-order valence-corrected chi connectivity index (χ4v) is 2.52. The monoisotopic (exact) mass is 303 g/mol. The van der Waals surface area contributed by atoms with Crippen LogP contribution in [0.2, 0.25) is 0 Å². The van der Waals surface area contributed by atoms with Gasteiger partial charge in [0.05, 0.1) is 6.61 Å². The Hall–Kier alpha value is -1.42. The maximum atomic E-state index is 12.1. The summed E-state index contributed by atoms with van der Waals surface area (Å²) in [6, 6.07) is 2.48. The van der Waals surface area contributed by atoms with Crippen LogP contribution in [-0.4, -0.2) is 68.6 Å². The summed E-state index contributed by atoms with van der Waals surface area (Å²) >= 11 is 0. The van der Waals surface area contributed by atoms with Crippen LogP contribution in [0.5, 0.6) is 0 Å². The van der Waals surface area contributed by atoms with Crippen LogP contribution in [0.15, 0.2) is 21.6 Å². The van der Waals surface area contributed by atoms with Gasteiger partial charge >= 0.3 is 0 Å². The summed E-state index contributed by atoms with van der Waals surface area (Å²) in [6.45, 7) is 3.00. The summed E-state index contributed by atoms with van der Waals surface area (Å²) in [5, 5.41) is 13.4. The van der Waals surface area contributed by atoms with Crippen molar-refractivity contribution in [2.24, 2.45) is 5.14 Å². The number of primary sulfonamides is 1. The first-order chi connectivity index (χ1) is 9.41. The summed E-state index contributed by atoms with van der Waals surface area (Å²) in [4.78, 5) is 15.8. The third-order valence-electron chi connectivity index (χ3n) is 3.15.